The smallest absolute Gasteiger partial charge is 0.272 e. The van der Waals surface area contributed by atoms with Crippen molar-refractivity contribution in [3.05, 3.63) is 23.0 Å². The van der Waals surface area contributed by atoms with E-state index in [2.05, 4.69) is 4.98 Å². The average molecular weight is 332 g/mol. The minimum atomic E-state index is -0.366. The molecule has 0 N–H and O–H groups in total. The van der Waals surface area contributed by atoms with E-state index < -0.39 is 0 Å². The zero-order valence-corrected chi connectivity index (χ0v) is 14.2. The van der Waals surface area contributed by atoms with E-state index in [9.17, 15) is 9.59 Å². The van der Waals surface area contributed by atoms with Crippen LogP contribution in [-0.2, 0) is 4.79 Å². The van der Waals surface area contributed by atoms with E-state index in [0.717, 1.165) is 36.5 Å². The Labute approximate surface area is 138 Å². The Morgan fingerprint density at radius 3 is 3.00 bits per heavy atom. The minimum Gasteiger partial charge on any atom is -0.345 e. The van der Waals surface area contributed by atoms with Gasteiger partial charge >= 0.3 is 0 Å². The van der Waals surface area contributed by atoms with Crippen LogP contribution in [0.3, 0.4) is 0 Å². The number of thiazole rings is 1. The summed E-state index contributed by atoms with van der Waals surface area (Å²) in [5.74, 6) is 0.191. The molecule has 0 bridgehead atoms. The van der Waals surface area contributed by atoms with Crippen LogP contribution >= 0.6 is 11.3 Å². The first-order valence-corrected chi connectivity index (χ1v) is 8.87. The normalized spacial score (nSPS) is 25.0. The third-order valence-electron chi connectivity index (χ3n) is 5.23. The molecule has 0 radical (unpaired) electrons. The predicted molar refractivity (Wildman–Crippen MR) is 87.6 cm³/mol. The maximum Gasteiger partial charge on any atom is 0.272 e. The highest BCUT2D eigenvalue weighted by molar-refractivity contribution is 7.15. The van der Waals surface area contributed by atoms with Crippen molar-refractivity contribution in [3.63, 3.8) is 0 Å². The van der Waals surface area contributed by atoms with E-state index in [1.807, 2.05) is 39.7 Å². The third kappa shape index (κ3) is 2.09. The molecular weight excluding hydrogens is 312 g/mol. The van der Waals surface area contributed by atoms with Gasteiger partial charge in [-0.2, -0.15) is 0 Å². The monoisotopic (exact) mass is 332 g/mol. The van der Waals surface area contributed by atoms with E-state index in [-0.39, 0.29) is 17.2 Å². The van der Waals surface area contributed by atoms with Crippen LogP contribution in [0.15, 0.2) is 11.6 Å². The Hall–Kier alpha value is -1.89. The highest BCUT2D eigenvalue weighted by atomic mass is 32.1. The fourth-order valence-corrected chi connectivity index (χ4v) is 4.75. The van der Waals surface area contributed by atoms with Gasteiger partial charge in [-0.25, -0.2) is 4.98 Å². The molecule has 2 saturated heterocycles. The van der Waals surface area contributed by atoms with Crippen molar-refractivity contribution in [2.24, 2.45) is 5.41 Å². The van der Waals surface area contributed by atoms with Crippen LogP contribution in [0.4, 0.5) is 0 Å². The lowest BCUT2D eigenvalue weighted by Crippen LogP contribution is -2.48. The zero-order chi connectivity index (χ0) is 16.2. The first-order valence-electron chi connectivity index (χ1n) is 7.99. The fourth-order valence-electron chi connectivity index (χ4n) is 3.99. The topological polar surface area (TPSA) is 57.9 Å². The van der Waals surface area contributed by atoms with Gasteiger partial charge in [0.1, 0.15) is 5.69 Å². The summed E-state index contributed by atoms with van der Waals surface area (Å²) in [6, 6.07) is 0. The van der Waals surface area contributed by atoms with Crippen LogP contribution in [0.1, 0.15) is 35.4 Å². The second-order valence-corrected chi connectivity index (χ2v) is 7.56. The van der Waals surface area contributed by atoms with Crippen LogP contribution in [0.25, 0.3) is 4.96 Å². The molecule has 2 aliphatic heterocycles. The summed E-state index contributed by atoms with van der Waals surface area (Å²) >= 11 is 1.52. The van der Waals surface area contributed by atoms with Crippen molar-refractivity contribution < 1.29 is 9.59 Å². The Morgan fingerprint density at radius 2 is 2.17 bits per heavy atom. The van der Waals surface area contributed by atoms with Gasteiger partial charge in [0.05, 0.1) is 11.1 Å². The average Bonchev–Trinajstić information content (AvgIpc) is 3.19. The largest absolute Gasteiger partial charge is 0.345 e. The standard InChI is InChI=1S/C16H20N4O2S/c1-11-12(20-8-9-23-15(20)17-11)13(21)19-7-5-16(10-19)4-3-6-18(2)14(16)22/h8-9H,3-7,10H2,1-2H3/t16-/m1/s1. The Balaban J connectivity index is 1.62. The summed E-state index contributed by atoms with van der Waals surface area (Å²) in [5.41, 5.74) is 1.03. The van der Waals surface area contributed by atoms with E-state index in [1.165, 1.54) is 11.3 Å². The van der Waals surface area contributed by atoms with Crippen LogP contribution in [-0.4, -0.2) is 57.7 Å². The zero-order valence-electron chi connectivity index (χ0n) is 13.4. The summed E-state index contributed by atoms with van der Waals surface area (Å²) in [7, 11) is 1.86. The van der Waals surface area contributed by atoms with Crippen molar-refractivity contribution in [3.8, 4) is 0 Å². The number of imidazole rings is 1. The molecule has 2 amide bonds. The molecule has 2 aliphatic rings. The maximum atomic E-state index is 13.0. The molecule has 1 atom stereocenters. The van der Waals surface area contributed by atoms with E-state index >= 15 is 0 Å². The number of carbonyl (C=O) groups excluding carboxylic acids is 2. The summed E-state index contributed by atoms with van der Waals surface area (Å²) in [5, 5.41) is 1.93. The van der Waals surface area contributed by atoms with Gasteiger partial charge in [-0.3, -0.25) is 14.0 Å². The lowest BCUT2D eigenvalue weighted by Gasteiger charge is -2.37. The molecule has 2 aromatic heterocycles. The van der Waals surface area contributed by atoms with Crippen molar-refractivity contribution in [1.29, 1.82) is 0 Å². The quantitative estimate of drug-likeness (QED) is 0.800. The van der Waals surface area contributed by atoms with Gasteiger partial charge in [-0.15, -0.1) is 11.3 Å². The first-order chi connectivity index (χ1) is 11.0. The maximum absolute atomic E-state index is 13.0. The molecule has 0 saturated carbocycles. The molecule has 4 heterocycles. The molecule has 122 valence electrons. The molecule has 23 heavy (non-hydrogen) atoms. The SMILES string of the molecule is Cc1nc2sccn2c1C(=O)N1CC[C@]2(CCCN(C)C2=O)C1. The Bertz CT molecular complexity index is 795. The van der Waals surface area contributed by atoms with Gasteiger partial charge in [0.25, 0.3) is 5.91 Å². The number of fused-ring (bicyclic) bond motifs is 1. The molecule has 0 aliphatic carbocycles. The summed E-state index contributed by atoms with van der Waals surface area (Å²) < 4.78 is 1.86. The van der Waals surface area contributed by atoms with Gasteiger partial charge in [0, 0.05) is 38.3 Å². The fraction of sp³-hybridized carbons (Fsp3) is 0.562. The summed E-state index contributed by atoms with van der Waals surface area (Å²) in [4.78, 5) is 34.6. The van der Waals surface area contributed by atoms with Crippen molar-refractivity contribution in [1.82, 2.24) is 19.2 Å². The molecule has 2 aromatic rings. The van der Waals surface area contributed by atoms with Crippen molar-refractivity contribution in [2.75, 3.05) is 26.7 Å². The van der Waals surface area contributed by atoms with Crippen LogP contribution in [0.5, 0.6) is 0 Å². The van der Waals surface area contributed by atoms with Gasteiger partial charge in [0.2, 0.25) is 5.91 Å². The van der Waals surface area contributed by atoms with Crippen LogP contribution in [0, 0.1) is 12.3 Å². The molecule has 6 nitrogen and oxygen atoms in total. The number of rotatable bonds is 1. The third-order valence-corrected chi connectivity index (χ3v) is 5.99. The Morgan fingerprint density at radius 1 is 1.35 bits per heavy atom. The molecule has 7 heteroatoms. The second-order valence-electron chi connectivity index (χ2n) is 6.69. The highest BCUT2D eigenvalue weighted by Gasteiger charge is 2.49. The predicted octanol–water partition coefficient (Wildman–Crippen LogP) is 1.79. The Kier molecular flexibility index (Phi) is 3.23. The minimum absolute atomic E-state index is 0.00805. The number of aromatic nitrogens is 2. The van der Waals surface area contributed by atoms with Gasteiger partial charge < -0.3 is 9.80 Å². The lowest BCUT2D eigenvalue weighted by molar-refractivity contribution is -0.143. The number of nitrogens with zero attached hydrogens (tertiary/aromatic N) is 4. The molecule has 0 unspecified atom stereocenters. The van der Waals surface area contributed by atoms with E-state index in [1.54, 1.807) is 0 Å². The highest BCUT2D eigenvalue weighted by Crippen LogP contribution is 2.40. The van der Waals surface area contributed by atoms with Gasteiger partial charge in [0.15, 0.2) is 4.96 Å². The van der Waals surface area contributed by atoms with E-state index in [4.69, 9.17) is 0 Å². The van der Waals surface area contributed by atoms with Gasteiger partial charge in [-0.1, -0.05) is 0 Å². The number of hydrogen-bond donors (Lipinski definition) is 0. The number of amides is 2. The second kappa shape index (κ2) is 5.06. The molecule has 1 spiro atoms. The molecule has 0 aromatic carbocycles. The van der Waals surface area contributed by atoms with Crippen LogP contribution < -0.4 is 0 Å². The number of hydrogen-bond acceptors (Lipinski definition) is 4. The number of aryl methyl sites for hydroxylation is 1. The lowest BCUT2D eigenvalue weighted by atomic mass is 9.78. The molecular formula is C16H20N4O2S. The molecule has 2 fully saturated rings. The number of carbonyl (C=O) groups is 2. The number of likely N-dealkylation sites (tertiary alicyclic amines) is 2. The van der Waals surface area contributed by atoms with Crippen LogP contribution in [0.2, 0.25) is 0 Å². The summed E-state index contributed by atoms with van der Waals surface area (Å²) in [6.45, 7) is 3.88. The van der Waals surface area contributed by atoms with Crippen molar-refractivity contribution >= 4 is 28.1 Å². The number of piperidine rings is 1. The van der Waals surface area contributed by atoms with Crippen molar-refractivity contribution in [2.45, 2.75) is 26.2 Å². The first kappa shape index (κ1) is 14.7. The molecule has 4 rings (SSSR count). The summed E-state index contributed by atoms with van der Waals surface area (Å²) in [6.07, 6.45) is 4.56. The van der Waals surface area contributed by atoms with E-state index in [0.29, 0.717) is 18.8 Å². The van der Waals surface area contributed by atoms with Gasteiger partial charge in [-0.05, 0) is 26.2 Å².